The fourth-order valence-corrected chi connectivity index (χ4v) is 3.46. The third kappa shape index (κ3) is 4.11. The first-order valence-corrected chi connectivity index (χ1v) is 8.19. The van der Waals surface area contributed by atoms with Crippen LogP contribution < -0.4 is 5.32 Å². The number of hydrogen-bond donors (Lipinski definition) is 1. The van der Waals surface area contributed by atoms with Crippen molar-refractivity contribution in [3.63, 3.8) is 0 Å². The van der Waals surface area contributed by atoms with Gasteiger partial charge in [-0.3, -0.25) is 0 Å². The van der Waals surface area contributed by atoms with Gasteiger partial charge < -0.3 is 10.1 Å². The quantitative estimate of drug-likeness (QED) is 0.776. The molecule has 1 unspecified atom stereocenters. The molecule has 1 saturated carbocycles. The van der Waals surface area contributed by atoms with Crippen molar-refractivity contribution < 1.29 is 4.74 Å². The summed E-state index contributed by atoms with van der Waals surface area (Å²) in [7, 11) is 0. The van der Waals surface area contributed by atoms with Crippen molar-refractivity contribution in [2.75, 3.05) is 13.2 Å². The molecule has 1 aliphatic rings. The Morgan fingerprint density at radius 1 is 1.30 bits per heavy atom. The van der Waals surface area contributed by atoms with Gasteiger partial charge >= 0.3 is 0 Å². The van der Waals surface area contributed by atoms with Crippen LogP contribution in [-0.4, -0.2) is 19.3 Å². The second-order valence-electron chi connectivity index (χ2n) is 5.43. The SMILES string of the molecule is CCNC(CC1CC(OCC)C1)c1ccc(Cl)cc1Cl. The van der Waals surface area contributed by atoms with E-state index in [1.54, 1.807) is 0 Å². The van der Waals surface area contributed by atoms with Gasteiger partial charge in [0.15, 0.2) is 0 Å². The molecule has 0 heterocycles. The van der Waals surface area contributed by atoms with Gasteiger partial charge in [-0.15, -0.1) is 0 Å². The molecule has 0 amide bonds. The number of ether oxygens (including phenoxy) is 1. The monoisotopic (exact) mass is 315 g/mol. The zero-order chi connectivity index (χ0) is 14.5. The summed E-state index contributed by atoms with van der Waals surface area (Å²) in [6.07, 6.45) is 3.91. The minimum absolute atomic E-state index is 0.303. The Balaban J connectivity index is 1.97. The van der Waals surface area contributed by atoms with Gasteiger partial charge in [-0.25, -0.2) is 0 Å². The maximum Gasteiger partial charge on any atom is 0.0580 e. The van der Waals surface area contributed by atoms with Gasteiger partial charge in [0.2, 0.25) is 0 Å². The van der Waals surface area contributed by atoms with Crippen LogP contribution in [0, 0.1) is 5.92 Å². The third-order valence-electron chi connectivity index (χ3n) is 3.95. The lowest BCUT2D eigenvalue weighted by Gasteiger charge is -2.37. The van der Waals surface area contributed by atoms with Crippen molar-refractivity contribution in [1.29, 1.82) is 0 Å². The molecule has 0 bridgehead atoms. The molecule has 1 aromatic rings. The number of rotatable bonds is 7. The van der Waals surface area contributed by atoms with Crippen LogP contribution in [-0.2, 0) is 4.74 Å². The van der Waals surface area contributed by atoms with Crippen LogP contribution in [0.1, 0.15) is 44.7 Å². The lowest BCUT2D eigenvalue weighted by molar-refractivity contribution is -0.0291. The molecule has 1 N–H and O–H groups in total. The van der Waals surface area contributed by atoms with Crippen LogP contribution >= 0.6 is 23.2 Å². The fraction of sp³-hybridized carbons (Fsp3) is 0.625. The molecule has 0 aromatic heterocycles. The molecule has 1 aromatic carbocycles. The van der Waals surface area contributed by atoms with Crippen LogP contribution in [0.2, 0.25) is 10.0 Å². The Labute approximate surface area is 131 Å². The van der Waals surface area contributed by atoms with Gasteiger partial charge in [0, 0.05) is 22.7 Å². The fourth-order valence-electron chi connectivity index (χ4n) is 2.92. The highest BCUT2D eigenvalue weighted by atomic mass is 35.5. The van der Waals surface area contributed by atoms with E-state index in [1.807, 2.05) is 18.2 Å². The minimum Gasteiger partial charge on any atom is -0.378 e. The highest BCUT2D eigenvalue weighted by Gasteiger charge is 2.32. The first kappa shape index (κ1) is 16.1. The average Bonchev–Trinajstić information content (AvgIpc) is 2.35. The molecule has 1 aliphatic carbocycles. The lowest BCUT2D eigenvalue weighted by atomic mass is 9.77. The van der Waals surface area contributed by atoms with Crippen molar-refractivity contribution in [2.45, 2.75) is 45.3 Å². The van der Waals surface area contributed by atoms with Gasteiger partial charge in [0.1, 0.15) is 0 Å². The van der Waals surface area contributed by atoms with Crippen LogP contribution in [0.15, 0.2) is 18.2 Å². The molecule has 112 valence electrons. The highest BCUT2D eigenvalue weighted by Crippen LogP contribution is 2.38. The maximum atomic E-state index is 6.33. The molecule has 0 aliphatic heterocycles. The topological polar surface area (TPSA) is 21.3 Å². The van der Waals surface area contributed by atoms with Gasteiger partial charge in [-0.2, -0.15) is 0 Å². The second kappa shape index (κ2) is 7.65. The molecule has 2 rings (SSSR count). The van der Waals surface area contributed by atoms with Gasteiger partial charge in [0.25, 0.3) is 0 Å². The molecular formula is C16H23Cl2NO. The predicted octanol–water partition coefficient (Wildman–Crippen LogP) is 4.85. The normalized spacial score (nSPS) is 23.4. The second-order valence-corrected chi connectivity index (χ2v) is 6.27. The van der Waals surface area contributed by atoms with Crippen molar-refractivity contribution in [3.05, 3.63) is 33.8 Å². The summed E-state index contributed by atoms with van der Waals surface area (Å²) < 4.78 is 5.63. The lowest BCUT2D eigenvalue weighted by Crippen LogP contribution is -2.34. The van der Waals surface area contributed by atoms with Crippen molar-refractivity contribution in [2.24, 2.45) is 5.92 Å². The average molecular weight is 316 g/mol. The summed E-state index contributed by atoms with van der Waals surface area (Å²) in [5, 5.41) is 4.98. The minimum atomic E-state index is 0.303. The van der Waals surface area contributed by atoms with E-state index in [0.717, 1.165) is 36.1 Å². The standard InChI is InChI=1S/C16H23Cl2NO/c1-3-19-16(9-11-7-13(8-11)20-4-2)14-6-5-12(17)10-15(14)18/h5-6,10-11,13,16,19H,3-4,7-9H2,1-2H3. The Kier molecular flexibility index (Phi) is 6.16. The van der Waals surface area contributed by atoms with E-state index >= 15 is 0 Å². The zero-order valence-corrected chi connectivity index (χ0v) is 13.7. The molecule has 0 spiro atoms. The first-order valence-electron chi connectivity index (χ1n) is 7.43. The van der Waals surface area contributed by atoms with E-state index in [9.17, 15) is 0 Å². The molecule has 2 nitrogen and oxygen atoms in total. The van der Waals surface area contributed by atoms with Gasteiger partial charge in [-0.1, -0.05) is 36.2 Å². The maximum absolute atomic E-state index is 6.33. The predicted molar refractivity (Wildman–Crippen MR) is 85.6 cm³/mol. The smallest absolute Gasteiger partial charge is 0.0580 e. The Morgan fingerprint density at radius 3 is 2.65 bits per heavy atom. The number of nitrogens with one attached hydrogen (secondary N) is 1. The number of halogens is 2. The van der Waals surface area contributed by atoms with Crippen LogP contribution in [0.25, 0.3) is 0 Å². The van der Waals surface area contributed by atoms with Crippen molar-refractivity contribution in [3.8, 4) is 0 Å². The van der Waals surface area contributed by atoms with E-state index in [4.69, 9.17) is 27.9 Å². The summed E-state index contributed by atoms with van der Waals surface area (Å²) in [4.78, 5) is 0. The Morgan fingerprint density at radius 2 is 2.05 bits per heavy atom. The van der Waals surface area contributed by atoms with Crippen LogP contribution in [0.3, 0.4) is 0 Å². The molecule has 1 atom stereocenters. The van der Waals surface area contributed by atoms with Gasteiger partial charge in [0.05, 0.1) is 6.10 Å². The summed E-state index contributed by atoms with van der Waals surface area (Å²) in [6, 6.07) is 6.08. The largest absolute Gasteiger partial charge is 0.378 e. The van der Waals surface area contributed by atoms with E-state index in [1.165, 1.54) is 12.8 Å². The summed E-state index contributed by atoms with van der Waals surface area (Å²) in [6.45, 7) is 5.94. The Bertz CT molecular complexity index is 432. The Hall–Kier alpha value is -0.280. The van der Waals surface area contributed by atoms with Crippen LogP contribution in [0.5, 0.6) is 0 Å². The van der Waals surface area contributed by atoms with Crippen LogP contribution in [0.4, 0.5) is 0 Å². The van der Waals surface area contributed by atoms with Crippen molar-refractivity contribution >= 4 is 23.2 Å². The molecular weight excluding hydrogens is 293 g/mol. The van der Waals surface area contributed by atoms with E-state index < -0.39 is 0 Å². The van der Waals surface area contributed by atoms with Crippen molar-refractivity contribution in [1.82, 2.24) is 5.32 Å². The number of hydrogen-bond acceptors (Lipinski definition) is 2. The van der Waals surface area contributed by atoms with Gasteiger partial charge in [-0.05, 0) is 56.3 Å². The molecule has 0 saturated heterocycles. The van der Waals surface area contributed by atoms with E-state index in [0.29, 0.717) is 17.2 Å². The van der Waals surface area contributed by atoms with E-state index in [2.05, 4.69) is 19.2 Å². The molecule has 0 radical (unpaired) electrons. The summed E-state index contributed by atoms with van der Waals surface area (Å²) in [5.41, 5.74) is 1.15. The summed E-state index contributed by atoms with van der Waals surface area (Å²) in [5.74, 6) is 0.724. The summed E-state index contributed by atoms with van der Waals surface area (Å²) >= 11 is 12.3. The third-order valence-corrected chi connectivity index (χ3v) is 4.51. The highest BCUT2D eigenvalue weighted by molar-refractivity contribution is 6.35. The molecule has 20 heavy (non-hydrogen) atoms. The van der Waals surface area contributed by atoms with E-state index in [-0.39, 0.29) is 0 Å². The zero-order valence-electron chi connectivity index (χ0n) is 12.2. The molecule has 4 heteroatoms. The number of benzene rings is 1. The molecule has 1 fully saturated rings. The first-order chi connectivity index (χ1) is 9.63.